The van der Waals surface area contributed by atoms with Gasteiger partial charge in [-0.15, -0.1) is 35.3 Å². The summed E-state index contributed by atoms with van der Waals surface area (Å²) in [6.07, 6.45) is 1.88. The Labute approximate surface area is 158 Å². The molecule has 0 unspecified atom stereocenters. The van der Waals surface area contributed by atoms with E-state index >= 15 is 0 Å². The number of thiazole rings is 1. The minimum absolute atomic E-state index is 0. The van der Waals surface area contributed by atoms with E-state index in [-0.39, 0.29) is 24.0 Å². The van der Waals surface area contributed by atoms with Gasteiger partial charge in [0.25, 0.3) is 0 Å². The predicted molar refractivity (Wildman–Crippen MR) is 107 cm³/mol. The van der Waals surface area contributed by atoms with Crippen molar-refractivity contribution in [2.45, 2.75) is 20.4 Å². The summed E-state index contributed by atoms with van der Waals surface area (Å²) in [5, 5.41) is 7.56. The molecule has 5 nitrogen and oxygen atoms in total. The molecule has 1 aromatic carbocycles. The highest BCUT2D eigenvalue weighted by Crippen LogP contribution is 2.12. The predicted octanol–water partition coefficient (Wildman–Crippen LogP) is 3.20. The second-order valence-electron chi connectivity index (χ2n) is 4.63. The third-order valence-corrected chi connectivity index (χ3v) is 3.71. The molecule has 0 aliphatic carbocycles. The molecule has 0 radical (unpaired) electrons. The lowest BCUT2D eigenvalue weighted by Crippen LogP contribution is -2.39. The Hall–Kier alpha value is -1.35. The molecule has 0 spiro atoms. The van der Waals surface area contributed by atoms with Crippen LogP contribution in [0, 0.1) is 6.92 Å². The first kappa shape index (κ1) is 19.7. The second-order valence-corrected chi connectivity index (χ2v) is 5.95. The van der Waals surface area contributed by atoms with E-state index in [0.717, 1.165) is 28.1 Å². The molecule has 0 aliphatic rings. The third kappa shape index (κ3) is 7.65. The second kappa shape index (κ2) is 11.2. The molecule has 0 atom stereocenters. The zero-order chi connectivity index (χ0) is 15.6. The van der Waals surface area contributed by atoms with Gasteiger partial charge in [0, 0.05) is 17.6 Å². The maximum atomic E-state index is 5.65. The van der Waals surface area contributed by atoms with Crippen LogP contribution in [0.2, 0.25) is 0 Å². The van der Waals surface area contributed by atoms with Crippen LogP contribution >= 0.6 is 35.3 Å². The summed E-state index contributed by atoms with van der Waals surface area (Å²) in [5.41, 5.74) is 0. The van der Waals surface area contributed by atoms with Crippen LogP contribution in [-0.4, -0.2) is 30.6 Å². The normalized spacial score (nSPS) is 10.8. The average Bonchev–Trinajstić information content (AvgIpc) is 2.95. The van der Waals surface area contributed by atoms with E-state index < -0.39 is 0 Å². The highest BCUT2D eigenvalue weighted by molar-refractivity contribution is 14.0. The van der Waals surface area contributed by atoms with Gasteiger partial charge in [-0.05, 0) is 26.0 Å². The number of halogens is 1. The summed E-state index contributed by atoms with van der Waals surface area (Å²) >= 11 is 1.67. The molecule has 0 fully saturated rings. The molecular formula is C16H23IN4OS. The van der Waals surface area contributed by atoms with Gasteiger partial charge in [0.15, 0.2) is 5.96 Å². The number of nitrogens with zero attached hydrogens (tertiary/aromatic N) is 2. The number of para-hydroxylation sites is 1. The SMILES string of the molecule is CCNC(=NCc1cnc(C)s1)NCCOc1ccccc1.I. The van der Waals surface area contributed by atoms with Crippen molar-refractivity contribution in [2.24, 2.45) is 4.99 Å². The van der Waals surface area contributed by atoms with Crippen molar-refractivity contribution in [3.63, 3.8) is 0 Å². The number of benzene rings is 1. The van der Waals surface area contributed by atoms with Crippen LogP contribution < -0.4 is 15.4 Å². The van der Waals surface area contributed by atoms with Crippen LogP contribution in [0.1, 0.15) is 16.8 Å². The van der Waals surface area contributed by atoms with Crippen LogP contribution in [0.3, 0.4) is 0 Å². The minimum Gasteiger partial charge on any atom is -0.492 e. The summed E-state index contributed by atoms with van der Waals surface area (Å²) in [7, 11) is 0. The first-order valence-corrected chi connectivity index (χ1v) is 8.21. The number of ether oxygens (including phenoxy) is 1. The number of rotatable bonds is 7. The fraction of sp³-hybridized carbons (Fsp3) is 0.375. The monoisotopic (exact) mass is 446 g/mol. The molecule has 23 heavy (non-hydrogen) atoms. The Balaban J connectivity index is 0.00000264. The maximum Gasteiger partial charge on any atom is 0.191 e. The molecule has 0 saturated carbocycles. The average molecular weight is 446 g/mol. The van der Waals surface area contributed by atoms with Gasteiger partial charge in [-0.25, -0.2) is 9.98 Å². The van der Waals surface area contributed by atoms with Gasteiger partial charge in [-0.3, -0.25) is 0 Å². The highest BCUT2D eigenvalue weighted by Gasteiger charge is 2.00. The topological polar surface area (TPSA) is 58.5 Å². The molecule has 126 valence electrons. The maximum absolute atomic E-state index is 5.65. The Morgan fingerprint density at radius 1 is 1.26 bits per heavy atom. The van der Waals surface area contributed by atoms with Gasteiger partial charge < -0.3 is 15.4 Å². The van der Waals surface area contributed by atoms with E-state index in [2.05, 4.69) is 27.5 Å². The van der Waals surface area contributed by atoms with E-state index in [4.69, 9.17) is 4.74 Å². The Morgan fingerprint density at radius 2 is 2.04 bits per heavy atom. The van der Waals surface area contributed by atoms with Crippen LogP contribution in [0.4, 0.5) is 0 Å². The standard InChI is InChI=1S/C16H22N4OS.HI/c1-3-17-16(20-12-15-11-19-13(2)22-15)18-9-10-21-14-7-5-4-6-8-14;/h4-8,11H,3,9-10,12H2,1-2H3,(H2,17,18,20);1H. The third-order valence-electron chi connectivity index (χ3n) is 2.81. The Kier molecular flexibility index (Phi) is 9.61. The van der Waals surface area contributed by atoms with Crippen molar-refractivity contribution < 1.29 is 4.74 Å². The first-order valence-electron chi connectivity index (χ1n) is 7.39. The lowest BCUT2D eigenvalue weighted by atomic mass is 10.3. The van der Waals surface area contributed by atoms with Crippen molar-refractivity contribution in [1.82, 2.24) is 15.6 Å². The fourth-order valence-electron chi connectivity index (χ4n) is 1.83. The molecule has 2 N–H and O–H groups in total. The smallest absolute Gasteiger partial charge is 0.191 e. The van der Waals surface area contributed by atoms with Crippen molar-refractivity contribution in [2.75, 3.05) is 19.7 Å². The van der Waals surface area contributed by atoms with E-state index in [0.29, 0.717) is 19.7 Å². The lowest BCUT2D eigenvalue weighted by molar-refractivity contribution is 0.322. The zero-order valence-electron chi connectivity index (χ0n) is 13.4. The van der Waals surface area contributed by atoms with Gasteiger partial charge in [0.05, 0.1) is 18.1 Å². The Morgan fingerprint density at radius 3 is 2.70 bits per heavy atom. The van der Waals surface area contributed by atoms with E-state index in [1.807, 2.05) is 43.5 Å². The summed E-state index contributed by atoms with van der Waals surface area (Å²) in [4.78, 5) is 9.95. The molecule has 7 heteroatoms. The number of aliphatic imine (C=N–C) groups is 1. The van der Waals surface area contributed by atoms with E-state index in [1.165, 1.54) is 0 Å². The quantitative estimate of drug-likeness (QED) is 0.297. The van der Waals surface area contributed by atoms with E-state index in [9.17, 15) is 0 Å². The zero-order valence-corrected chi connectivity index (χ0v) is 16.6. The molecule has 1 heterocycles. The van der Waals surface area contributed by atoms with Crippen molar-refractivity contribution in [3.8, 4) is 5.75 Å². The number of hydrogen-bond acceptors (Lipinski definition) is 4. The van der Waals surface area contributed by atoms with Crippen LogP contribution in [0.15, 0.2) is 41.5 Å². The number of aryl methyl sites for hydroxylation is 1. The van der Waals surface area contributed by atoms with Crippen molar-refractivity contribution in [1.29, 1.82) is 0 Å². The number of guanidine groups is 1. The largest absolute Gasteiger partial charge is 0.492 e. The molecule has 0 amide bonds. The molecule has 0 aliphatic heterocycles. The van der Waals surface area contributed by atoms with Crippen molar-refractivity contribution in [3.05, 3.63) is 46.4 Å². The Bertz CT molecular complexity index is 589. The molecular weight excluding hydrogens is 423 g/mol. The van der Waals surface area contributed by atoms with Gasteiger partial charge >= 0.3 is 0 Å². The van der Waals surface area contributed by atoms with Crippen molar-refractivity contribution >= 4 is 41.3 Å². The van der Waals surface area contributed by atoms with Gasteiger partial charge in [0.1, 0.15) is 12.4 Å². The molecule has 1 aromatic heterocycles. The van der Waals surface area contributed by atoms with Gasteiger partial charge in [-0.2, -0.15) is 0 Å². The van der Waals surface area contributed by atoms with Crippen LogP contribution in [0.5, 0.6) is 5.75 Å². The number of hydrogen-bond donors (Lipinski definition) is 2. The summed E-state index contributed by atoms with van der Waals surface area (Å²) in [6, 6.07) is 9.80. The van der Waals surface area contributed by atoms with Crippen LogP contribution in [-0.2, 0) is 6.54 Å². The summed E-state index contributed by atoms with van der Waals surface area (Å²) < 4.78 is 5.65. The number of nitrogens with one attached hydrogen (secondary N) is 2. The van der Waals surface area contributed by atoms with Gasteiger partial charge in [0.2, 0.25) is 0 Å². The van der Waals surface area contributed by atoms with Gasteiger partial charge in [-0.1, -0.05) is 18.2 Å². The molecule has 2 rings (SSSR count). The molecule has 0 bridgehead atoms. The van der Waals surface area contributed by atoms with E-state index in [1.54, 1.807) is 11.3 Å². The fourth-order valence-corrected chi connectivity index (χ4v) is 2.55. The minimum atomic E-state index is 0. The first-order chi connectivity index (χ1) is 10.8. The summed E-state index contributed by atoms with van der Waals surface area (Å²) in [5.74, 6) is 1.68. The lowest BCUT2D eigenvalue weighted by Gasteiger charge is -2.11. The molecule has 2 aromatic rings. The summed E-state index contributed by atoms with van der Waals surface area (Å²) in [6.45, 7) is 6.81. The van der Waals surface area contributed by atoms with Crippen LogP contribution in [0.25, 0.3) is 0 Å². The highest BCUT2D eigenvalue weighted by atomic mass is 127. The molecule has 0 saturated heterocycles. The number of aromatic nitrogens is 1.